The van der Waals surface area contributed by atoms with Crippen LogP contribution >= 0.6 is 0 Å². The van der Waals surface area contributed by atoms with E-state index >= 15 is 0 Å². The Labute approximate surface area is 131 Å². The summed E-state index contributed by atoms with van der Waals surface area (Å²) in [5.41, 5.74) is 0.752. The lowest BCUT2D eigenvalue weighted by molar-refractivity contribution is -0.117. The lowest BCUT2D eigenvalue weighted by Gasteiger charge is -2.16. The fourth-order valence-corrected chi connectivity index (χ4v) is 3.60. The average Bonchev–Trinajstić information content (AvgIpc) is 2.92. The fraction of sp³-hybridized carbons (Fsp3) is 0.533. The SMILES string of the molecule is CCN[C@H](C)CNS(=O)(=O)c1ccc(N2CCCC2=O)cc1. The molecule has 1 aromatic carbocycles. The quantitative estimate of drug-likeness (QED) is 0.786. The Bertz CT molecular complexity index is 613. The van der Waals surface area contributed by atoms with Crippen LogP contribution in [0.15, 0.2) is 29.2 Å². The molecule has 2 rings (SSSR count). The van der Waals surface area contributed by atoms with Crippen molar-refractivity contribution in [2.45, 2.75) is 37.6 Å². The molecule has 0 saturated carbocycles. The summed E-state index contributed by atoms with van der Waals surface area (Å²) in [6.45, 7) is 5.73. The van der Waals surface area contributed by atoms with Gasteiger partial charge in [0, 0.05) is 31.2 Å². The first-order valence-corrected chi connectivity index (χ1v) is 9.06. The van der Waals surface area contributed by atoms with Crippen molar-refractivity contribution < 1.29 is 13.2 Å². The maximum atomic E-state index is 12.2. The number of nitrogens with one attached hydrogen (secondary N) is 2. The minimum Gasteiger partial charge on any atom is -0.313 e. The van der Waals surface area contributed by atoms with E-state index in [9.17, 15) is 13.2 Å². The monoisotopic (exact) mass is 325 g/mol. The molecule has 1 atom stereocenters. The van der Waals surface area contributed by atoms with Crippen LogP contribution in [0.3, 0.4) is 0 Å². The number of hydrogen-bond donors (Lipinski definition) is 2. The molecular formula is C15H23N3O3S. The van der Waals surface area contributed by atoms with Crippen LogP contribution in [-0.4, -0.2) is 40.0 Å². The van der Waals surface area contributed by atoms with Crippen molar-refractivity contribution in [2.24, 2.45) is 0 Å². The Morgan fingerprint density at radius 2 is 1.95 bits per heavy atom. The number of amides is 1. The number of rotatable bonds is 7. The van der Waals surface area contributed by atoms with Gasteiger partial charge in [-0.25, -0.2) is 13.1 Å². The summed E-state index contributed by atoms with van der Waals surface area (Å²) in [6.07, 6.45) is 1.41. The Morgan fingerprint density at radius 3 is 2.50 bits per heavy atom. The van der Waals surface area contributed by atoms with Gasteiger partial charge in [-0.3, -0.25) is 4.79 Å². The molecule has 0 radical (unpaired) electrons. The molecule has 0 aromatic heterocycles. The summed E-state index contributed by atoms with van der Waals surface area (Å²) in [6, 6.07) is 6.53. The van der Waals surface area contributed by atoms with Gasteiger partial charge >= 0.3 is 0 Å². The number of sulfonamides is 1. The summed E-state index contributed by atoms with van der Waals surface area (Å²) in [7, 11) is -3.52. The highest BCUT2D eigenvalue weighted by molar-refractivity contribution is 7.89. The number of likely N-dealkylation sites (N-methyl/N-ethyl adjacent to an activating group) is 1. The summed E-state index contributed by atoms with van der Waals surface area (Å²) in [4.78, 5) is 13.6. The molecule has 1 fully saturated rings. The van der Waals surface area contributed by atoms with Crippen molar-refractivity contribution in [3.63, 3.8) is 0 Å². The van der Waals surface area contributed by atoms with E-state index in [0.29, 0.717) is 19.5 Å². The highest BCUT2D eigenvalue weighted by Crippen LogP contribution is 2.22. The predicted octanol–water partition coefficient (Wildman–Crippen LogP) is 1.09. The summed E-state index contributed by atoms with van der Waals surface area (Å²) >= 11 is 0. The number of carbonyl (C=O) groups is 1. The molecule has 122 valence electrons. The summed E-state index contributed by atoms with van der Waals surface area (Å²) in [5.74, 6) is 0.0909. The lowest BCUT2D eigenvalue weighted by atomic mass is 10.3. The number of benzene rings is 1. The van der Waals surface area contributed by atoms with Crippen LogP contribution in [0.2, 0.25) is 0 Å². The van der Waals surface area contributed by atoms with Gasteiger partial charge in [0.2, 0.25) is 15.9 Å². The molecular weight excluding hydrogens is 302 g/mol. The molecule has 6 nitrogen and oxygen atoms in total. The molecule has 22 heavy (non-hydrogen) atoms. The molecule has 1 saturated heterocycles. The second kappa shape index (κ2) is 7.21. The maximum Gasteiger partial charge on any atom is 0.240 e. The Morgan fingerprint density at radius 1 is 1.27 bits per heavy atom. The van der Waals surface area contributed by atoms with Gasteiger partial charge in [0.05, 0.1) is 4.90 Å². The molecule has 0 unspecified atom stereocenters. The van der Waals surface area contributed by atoms with Crippen LogP contribution in [0.5, 0.6) is 0 Å². The molecule has 1 heterocycles. The van der Waals surface area contributed by atoms with Crippen molar-refractivity contribution >= 4 is 21.6 Å². The van der Waals surface area contributed by atoms with Crippen molar-refractivity contribution in [2.75, 3.05) is 24.5 Å². The zero-order valence-electron chi connectivity index (χ0n) is 13.0. The highest BCUT2D eigenvalue weighted by atomic mass is 32.2. The topological polar surface area (TPSA) is 78.5 Å². The minimum absolute atomic E-state index is 0.0706. The molecule has 0 bridgehead atoms. The van der Waals surface area contributed by atoms with E-state index in [1.54, 1.807) is 29.2 Å². The predicted molar refractivity (Wildman–Crippen MR) is 86.4 cm³/mol. The number of anilines is 1. The smallest absolute Gasteiger partial charge is 0.240 e. The molecule has 1 aromatic rings. The third-order valence-electron chi connectivity index (χ3n) is 3.66. The van der Waals surface area contributed by atoms with Crippen molar-refractivity contribution in [1.82, 2.24) is 10.0 Å². The molecule has 1 aliphatic rings. The molecule has 2 N–H and O–H groups in total. The zero-order valence-corrected chi connectivity index (χ0v) is 13.8. The van der Waals surface area contributed by atoms with E-state index in [1.165, 1.54) is 0 Å². The summed E-state index contributed by atoms with van der Waals surface area (Å²) in [5, 5.41) is 3.15. The van der Waals surface area contributed by atoms with E-state index in [1.807, 2.05) is 13.8 Å². The minimum atomic E-state index is -3.52. The third-order valence-corrected chi connectivity index (χ3v) is 5.10. The van der Waals surface area contributed by atoms with Crippen molar-refractivity contribution in [1.29, 1.82) is 0 Å². The average molecular weight is 325 g/mol. The first-order chi connectivity index (χ1) is 10.4. The summed E-state index contributed by atoms with van der Waals surface area (Å²) < 4.78 is 27.0. The van der Waals surface area contributed by atoms with Crippen molar-refractivity contribution in [3.8, 4) is 0 Å². The van der Waals surface area contributed by atoms with Crippen molar-refractivity contribution in [3.05, 3.63) is 24.3 Å². The van der Waals surface area contributed by atoms with Gasteiger partial charge in [-0.05, 0) is 44.2 Å². The van der Waals surface area contributed by atoms with E-state index in [2.05, 4.69) is 10.0 Å². The largest absolute Gasteiger partial charge is 0.313 e. The number of hydrogen-bond acceptors (Lipinski definition) is 4. The number of nitrogens with zero attached hydrogens (tertiary/aromatic N) is 1. The van der Waals surface area contributed by atoms with Crippen LogP contribution < -0.4 is 14.9 Å². The van der Waals surface area contributed by atoms with Gasteiger partial charge in [-0.1, -0.05) is 6.92 Å². The Kier molecular flexibility index (Phi) is 5.55. The number of carbonyl (C=O) groups excluding carboxylic acids is 1. The van der Waals surface area contributed by atoms with Gasteiger partial charge in [0.1, 0.15) is 0 Å². The van der Waals surface area contributed by atoms with Gasteiger partial charge in [0.25, 0.3) is 0 Å². The molecule has 1 aliphatic heterocycles. The van der Waals surface area contributed by atoms with Crippen LogP contribution in [0.25, 0.3) is 0 Å². The van der Waals surface area contributed by atoms with Gasteiger partial charge < -0.3 is 10.2 Å². The van der Waals surface area contributed by atoms with E-state index in [4.69, 9.17) is 0 Å². The van der Waals surface area contributed by atoms with Gasteiger partial charge in [0.15, 0.2) is 0 Å². The maximum absolute atomic E-state index is 12.2. The Hall–Kier alpha value is -1.44. The molecule has 0 spiro atoms. The van der Waals surface area contributed by atoms with Crippen LogP contribution in [0.4, 0.5) is 5.69 Å². The van der Waals surface area contributed by atoms with E-state index < -0.39 is 10.0 Å². The van der Waals surface area contributed by atoms with E-state index in [0.717, 1.165) is 18.7 Å². The highest BCUT2D eigenvalue weighted by Gasteiger charge is 2.22. The zero-order chi connectivity index (χ0) is 16.2. The molecule has 1 amide bonds. The first-order valence-electron chi connectivity index (χ1n) is 7.57. The second-order valence-electron chi connectivity index (χ2n) is 5.45. The standard InChI is InChI=1S/C15H23N3O3S/c1-3-16-12(2)11-17-22(20,21)14-8-6-13(7-9-14)18-10-4-5-15(18)19/h6-9,12,16-17H,3-5,10-11H2,1-2H3/t12-/m1/s1. The first kappa shape index (κ1) is 16.9. The fourth-order valence-electron chi connectivity index (χ4n) is 2.47. The normalized spacial score (nSPS) is 17.0. The van der Waals surface area contributed by atoms with Gasteiger partial charge in [-0.15, -0.1) is 0 Å². The Balaban J connectivity index is 2.04. The lowest BCUT2D eigenvalue weighted by Crippen LogP contribution is -2.38. The van der Waals surface area contributed by atoms with Gasteiger partial charge in [-0.2, -0.15) is 0 Å². The van der Waals surface area contributed by atoms with Crippen LogP contribution in [0.1, 0.15) is 26.7 Å². The van der Waals surface area contributed by atoms with E-state index in [-0.39, 0.29) is 16.8 Å². The van der Waals surface area contributed by atoms with Crippen LogP contribution in [0, 0.1) is 0 Å². The van der Waals surface area contributed by atoms with Crippen LogP contribution in [-0.2, 0) is 14.8 Å². The molecule has 7 heteroatoms. The second-order valence-corrected chi connectivity index (χ2v) is 7.22. The molecule has 0 aliphatic carbocycles. The third kappa shape index (κ3) is 4.06.